The maximum absolute atomic E-state index is 12.3. The van der Waals surface area contributed by atoms with Crippen molar-refractivity contribution in [3.8, 4) is 0 Å². The zero-order valence-electron chi connectivity index (χ0n) is 11.0. The zero-order chi connectivity index (χ0) is 14.1. The highest BCUT2D eigenvalue weighted by Gasteiger charge is 2.26. The quantitative estimate of drug-likeness (QED) is 0.885. The molecule has 0 amide bonds. The summed E-state index contributed by atoms with van der Waals surface area (Å²) in [4.78, 5) is 0.296. The largest absolute Gasteiger partial charge is 0.329 e. The number of sulfonamides is 1. The fourth-order valence-corrected chi connectivity index (χ4v) is 3.70. The maximum Gasteiger partial charge on any atom is 0.241 e. The van der Waals surface area contributed by atoms with E-state index in [-0.39, 0.29) is 6.54 Å². The van der Waals surface area contributed by atoms with E-state index in [0.717, 1.165) is 10.0 Å². The van der Waals surface area contributed by atoms with Crippen molar-refractivity contribution in [2.24, 2.45) is 5.73 Å². The summed E-state index contributed by atoms with van der Waals surface area (Å²) in [7, 11) is -3.55. The Bertz CT molecular complexity index is 553. The first-order valence-electron chi connectivity index (χ1n) is 5.60. The van der Waals surface area contributed by atoms with E-state index in [9.17, 15) is 8.42 Å². The normalized spacial score (nSPS) is 12.8. The van der Waals surface area contributed by atoms with Crippen molar-refractivity contribution in [3.05, 3.63) is 27.7 Å². The molecule has 0 radical (unpaired) electrons. The van der Waals surface area contributed by atoms with Gasteiger partial charge in [-0.05, 0) is 51.0 Å². The average molecular weight is 335 g/mol. The molecule has 0 aliphatic carbocycles. The first-order valence-corrected chi connectivity index (χ1v) is 7.87. The van der Waals surface area contributed by atoms with Crippen LogP contribution in [0.25, 0.3) is 0 Å². The SMILES string of the molecule is Cc1cc(S(=O)(=O)NC(C)(C)CN)c(C)cc1Br. The number of hydrogen-bond donors (Lipinski definition) is 2. The summed E-state index contributed by atoms with van der Waals surface area (Å²) in [5, 5.41) is 0. The zero-order valence-corrected chi connectivity index (χ0v) is 13.4. The van der Waals surface area contributed by atoms with Crippen molar-refractivity contribution >= 4 is 26.0 Å². The van der Waals surface area contributed by atoms with Crippen LogP contribution in [0.3, 0.4) is 0 Å². The van der Waals surface area contributed by atoms with Gasteiger partial charge in [-0.2, -0.15) is 0 Å². The summed E-state index contributed by atoms with van der Waals surface area (Å²) in [5.41, 5.74) is 6.47. The van der Waals surface area contributed by atoms with Gasteiger partial charge in [-0.15, -0.1) is 0 Å². The van der Waals surface area contributed by atoms with E-state index >= 15 is 0 Å². The third-order valence-electron chi connectivity index (χ3n) is 2.67. The van der Waals surface area contributed by atoms with Crippen LogP contribution in [0.2, 0.25) is 0 Å². The molecular formula is C12H19BrN2O2S. The van der Waals surface area contributed by atoms with Crippen LogP contribution in [0, 0.1) is 13.8 Å². The van der Waals surface area contributed by atoms with Gasteiger partial charge in [-0.1, -0.05) is 15.9 Å². The van der Waals surface area contributed by atoms with E-state index in [0.29, 0.717) is 10.5 Å². The number of nitrogens with one attached hydrogen (secondary N) is 1. The van der Waals surface area contributed by atoms with Crippen LogP contribution in [-0.4, -0.2) is 20.5 Å². The molecule has 0 bridgehead atoms. The maximum atomic E-state index is 12.3. The van der Waals surface area contributed by atoms with E-state index in [1.54, 1.807) is 32.9 Å². The molecule has 0 atom stereocenters. The molecule has 0 heterocycles. The molecule has 0 saturated heterocycles. The third kappa shape index (κ3) is 3.54. The molecule has 0 spiro atoms. The van der Waals surface area contributed by atoms with E-state index in [2.05, 4.69) is 20.7 Å². The predicted octanol–water partition coefficient (Wildman–Crippen LogP) is 2.08. The lowest BCUT2D eigenvalue weighted by Crippen LogP contribution is -2.48. The molecular weight excluding hydrogens is 316 g/mol. The number of benzene rings is 1. The first-order chi connectivity index (χ1) is 8.09. The number of hydrogen-bond acceptors (Lipinski definition) is 3. The van der Waals surface area contributed by atoms with Gasteiger partial charge in [0.2, 0.25) is 10.0 Å². The van der Waals surface area contributed by atoms with Crippen molar-refractivity contribution < 1.29 is 8.42 Å². The van der Waals surface area contributed by atoms with Gasteiger partial charge >= 0.3 is 0 Å². The van der Waals surface area contributed by atoms with Gasteiger partial charge in [0, 0.05) is 16.6 Å². The van der Waals surface area contributed by atoms with Gasteiger partial charge in [0.1, 0.15) is 0 Å². The molecule has 0 aromatic heterocycles. The topological polar surface area (TPSA) is 72.2 Å². The molecule has 18 heavy (non-hydrogen) atoms. The Morgan fingerprint density at radius 1 is 1.28 bits per heavy atom. The molecule has 4 nitrogen and oxygen atoms in total. The standard InChI is InChI=1S/C12H19BrN2O2S/c1-8-6-11(9(2)5-10(8)13)18(16,17)15-12(3,4)7-14/h5-6,15H,7,14H2,1-4H3. The van der Waals surface area contributed by atoms with Crippen LogP contribution in [0.1, 0.15) is 25.0 Å². The number of halogens is 1. The van der Waals surface area contributed by atoms with Crippen molar-refractivity contribution in [1.82, 2.24) is 4.72 Å². The Morgan fingerprint density at radius 2 is 1.83 bits per heavy atom. The summed E-state index contributed by atoms with van der Waals surface area (Å²) < 4.78 is 28.1. The molecule has 0 aliphatic rings. The lowest BCUT2D eigenvalue weighted by molar-refractivity contribution is 0.462. The monoisotopic (exact) mass is 334 g/mol. The third-order valence-corrected chi connectivity index (χ3v) is 5.36. The van der Waals surface area contributed by atoms with Crippen molar-refractivity contribution in [3.63, 3.8) is 0 Å². The molecule has 1 rings (SSSR count). The Kier molecular flexibility index (Phi) is 4.59. The minimum atomic E-state index is -3.55. The predicted molar refractivity (Wildman–Crippen MR) is 77.1 cm³/mol. The van der Waals surface area contributed by atoms with Gasteiger partial charge in [0.05, 0.1) is 4.90 Å². The number of nitrogens with two attached hydrogens (primary N) is 1. The fourth-order valence-electron chi connectivity index (χ4n) is 1.50. The Morgan fingerprint density at radius 3 is 2.33 bits per heavy atom. The fraction of sp³-hybridized carbons (Fsp3) is 0.500. The highest BCUT2D eigenvalue weighted by Crippen LogP contribution is 2.24. The van der Waals surface area contributed by atoms with Crippen LogP contribution < -0.4 is 10.5 Å². The van der Waals surface area contributed by atoms with Gasteiger partial charge < -0.3 is 5.73 Å². The minimum Gasteiger partial charge on any atom is -0.329 e. The van der Waals surface area contributed by atoms with Crippen LogP contribution in [0.15, 0.2) is 21.5 Å². The molecule has 102 valence electrons. The summed E-state index contributed by atoms with van der Waals surface area (Å²) in [6.07, 6.45) is 0. The lowest BCUT2D eigenvalue weighted by Gasteiger charge is -2.24. The molecule has 3 N–H and O–H groups in total. The second-order valence-corrected chi connectivity index (χ2v) is 7.57. The Hall–Kier alpha value is -0.430. The van der Waals surface area contributed by atoms with Gasteiger partial charge in [0.25, 0.3) is 0 Å². The van der Waals surface area contributed by atoms with E-state index in [1.807, 2.05) is 6.92 Å². The van der Waals surface area contributed by atoms with E-state index in [1.165, 1.54) is 0 Å². The van der Waals surface area contributed by atoms with E-state index in [4.69, 9.17) is 5.73 Å². The Balaban J connectivity index is 3.26. The number of rotatable bonds is 4. The van der Waals surface area contributed by atoms with E-state index < -0.39 is 15.6 Å². The molecule has 1 aromatic carbocycles. The minimum absolute atomic E-state index is 0.237. The number of aryl methyl sites for hydroxylation is 2. The van der Waals surface area contributed by atoms with Crippen molar-refractivity contribution in [2.75, 3.05) is 6.54 Å². The summed E-state index contributed by atoms with van der Waals surface area (Å²) >= 11 is 3.39. The lowest BCUT2D eigenvalue weighted by atomic mass is 10.1. The first kappa shape index (κ1) is 15.6. The van der Waals surface area contributed by atoms with Crippen LogP contribution in [-0.2, 0) is 10.0 Å². The van der Waals surface area contributed by atoms with Gasteiger partial charge in [0.15, 0.2) is 0 Å². The molecule has 0 saturated carbocycles. The molecule has 0 unspecified atom stereocenters. The average Bonchev–Trinajstić information content (AvgIpc) is 2.21. The van der Waals surface area contributed by atoms with Crippen molar-refractivity contribution in [2.45, 2.75) is 38.1 Å². The van der Waals surface area contributed by atoms with Crippen LogP contribution in [0.5, 0.6) is 0 Å². The molecule has 0 fully saturated rings. The van der Waals surface area contributed by atoms with Gasteiger partial charge in [-0.25, -0.2) is 13.1 Å². The highest BCUT2D eigenvalue weighted by molar-refractivity contribution is 9.10. The Labute approximate surface area is 117 Å². The summed E-state index contributed by atoms with van der Waals surface area (Å²) in [5.74, 6) is 0. The highest BCUT2D eigenvalue weighted by atomic mass is 79.9. The summed E-state index contributed by atoms with van der Waals surface area (Å²) in [6.45, 7) is 7.38. The summed E-state index contributed by atoms with van der Waals surface area (Å²) in [6, 6.07) is 3.47. The molecule has 6 heteroatoms. The van der Waals surface area contributed by atoms with Gasteiger partial charge in [-0.3, -0.25) is 0 Å². The smallest absolute Gasteiger partial charge is 0.241 e. The second-order valence-electron chi connectivity index (χ2n) is 5.06. The second kappa shape index (κ2) is 5.28. The molecule has 1 aromatic rings. The van der Waals surface area contributed by atoms with Crippen LogP contribution in [0.4, 0.5) is 0 Å². The molecule has 0 aliphatic heterocycles. The van der Waals surface area contributed by atoms with Crippen molar-refractivity contribution in [1.29, 1.82) is 0 Å². The van der Waals surface area contributed by atoms with Crippen LogP contribution >= 0.6 is 15.9 Å².